The van der Waals surface area contributed by atoms with E-state index < -0.39 is 5.54 Å². The van der Waals surface area contributed by atoms with Gasteiger partial charge in [0.25, 0.3) is 5.91 Å². The number of rotatable bonds is 4. The molecule has 2 fully saturated rings. The molecule has 2 aromatic rings. The second-order valence-corrected chi connectivity index (χ2v) is 10.7. The van der Waals surface area contributed by atoms with Crippen LogP contribution in [0.2, 0.25) is 0 Å². The van der Waals surface area contributed by atoms with Crippen LogP contribution in [0, 0.1) is 11.8 Å². The van der Waals surface area contributed by atoms with E-state index in [2.05, 4.69) is 16.9 Å². The number of hydrogen-bond donors (Lipinski definition) is 1. The number of piperidine rings is 2. The highest BCUT2D eigenvalue weighted by Gasteiger charge is 2.34. The van der Waals surface area contributed by atoms with Gasteiger partial charge in [-0.3, -0.25) is 9.59 Å². The van der Waals surface area contributed by atoms with Gasteiger partial charge in [-0.1, -0.05) is 6.07 Å². The van der Waals surface area contributed by atoms with E-state index in [0.717, 1.165) is 48.7 Å². The number of hydrogen-bond acceptors (Lipinski definition) is 3. The minimum absolute atomic E-state index is 0. The lowest BCUT2D eigenvalue weighted by molar-refractivity contribution is -0.134. The van der Waals surface area contributed by atoms with Crippen LogP contribution < -0.4 is 0 Å². The standard InChI is InChI=1S/C26H38N4O2.ClH/c1-26(2,3)30(25(32)22-6-5-21-7-12-27-23(21)17-22)18-24(31)29-15-10-20(11-16-29)19-8-13-28(4)14-9-19;/h5-7,12,17,19-20,27H,8-11,13-16,18H2,1-4H3;1H. The van der Waals surface area contributed by atoms with Gasteiger partial charge < -0.3 is 19.7 Å². The largest absolute Gasteiger partial charge is 0.361 e. The summed E-state index contributed by atoms with van der Waals surface area (Å²) in [6.07, 6.45) is 6.62. The lowest BCUT2D eigenvalue weighted by atomic mass is 9.79. The molecule has 1 N–H and O–H groups in total. The zero-order valence-corrected chi connectivity index (χ0v) is 21.3. The van der Waals surface area contributed by atoms with E-state index >= 15 is 0 Å². The lowest BCUT2D eigenvalue weighted by Gasteiger charge is -2.41. The maximum atomic E-state index is 13.4. The van der Waals surface area contributed by atoms with Gasteiger partial charge in [0.1, 0.15) is 6.54 Å². The van der Waals surface area contributed by atoms with E-state index in [1.54, 1.807) is 4.90 Å². The number of fused-ring (bicyclic) bond motifs is 1. The van der Waals surface area contributed by atoms with E-state index in [-0.39, 0.29) is 30.8 Å². The Morgan fingerprint density at radius 1 is 1.00 bits per heavy atom. The third kappa shape index (κ3) is 5.90. The molecule has 2 aliphatic heterocycles. The fourth-order valence-corrected chi connectivity index (χ4v) is 5.31. The molecular weight excluding hydrogens is 436 g/mol. The highest BCUT2D eigenvalue weighted by atomic mass is 35.5. The summed E-state index contributed by atoms with van der Waals surface area (Å²) in [4.78, 5) is 35.9. The number of carbonyl (C=O) groups is 2. The number of amides is 2. The Bertz CT molecular complexity index is 951. The molecule has 33 heavy (non-hydrogen) atoms. The molecule has 4 rings (SSSR count). The summed E-state index contributed by atoms with van der Waals surface area (Å²) in [5, 5.41) is 1.08. The Morgan fingerprint density at radius 2 is 1.61 bits per heavy atom. The number of aromatic nitrogens is 1. The second kappa shape index (κ2) is 10.5. The summed E-state index contributed by atoms with van der Waals surface area (Å²) in [6.45, 7) is 10.1. The molecule has 0 spiro atoms. The molecule has 0 atom stereocenters. The molecule has 182 valence electrons. The van der Waals surface area contributed by atoms with Crippen LogP contribution in [-0.2, 0) is 4.79 Å². The smallest absolute Gasteiger partial charge is 0.254 e. The third-order valence-electron chi connectivity index (χ3n) is 7.47. The average molecular weight is 475 g/mol. The van der Waals surface area contributed by atoms with Crippen LogP contribution in [0.3, 0.4) is 0 Å². The molecule has 0 unspecified atom stereocenters. The van der Waals surface area contributed by atoms with Gasteiger partial charge in [0, 0.05) is 35.9 Å². The van der Waals surface area contributed by atoms with Crippen molar-refractivity contribution in [3.05, 3.63) is 36.0 Å². The van der Waals surface area contributed by atoms with Crippen LogP contribution in [0.5, 0.6) is 0 Å². The molecule has 6 nitrogen and oxygen atoms in total. The van der Waals surface area contributed by atoms with Crippen LogP contribution in [0.4, 0.5) is 0 Å². The molecular formula is C26H39ClN4O2. The van der Waals surface area contributed by atoms with Crippen molar-refractivity contribution in [3.8, 4) is 0 Å². The van der Waals surface area contributed by atoms with E-state index in [0.29, 0.717) is 5.56 Å². The number of likely N-dealkylation sites (tertiary alicyclic amines) is 2. The first-order valence-electron chi connectivity index (χ1n) is 12.1. The number of nitrogens with one attached hydrogen (secondary N) is 1. The highest BCUT2D eigenvalue weighted by molar-refractivity contribution is 5.99. The van der Waals surface area contributed by atoms with Crippen molar-refractivity contribution < 1.29 is 9.59 Å². The summed E-state index contributed by atoms with van der Waals surface area (Å²) in [5.74, 6) is 1.51. The van der Waals surface area contributed by atoms with E-state index in [1.165, 1.54) is 25.9 Å². The lowest BCUT2D eigenvalue weighted by Crippen LogP contribution is -2.52. The fraction of sp³-hybridized carbons (Fsp3) is 0.615. The first kappa shape index (κ1) is 25.6. The predicted molar refractivity (Wildman–Crippen MR) is 136 cm³/mol. The first-order valence-corrected chi connectivity index (χ1v) is 12.1. The van der Waals surface area contributed by atoms with Crippen molar-refractivity contribution in [1.82, 2.24) is 19.7 Å². The number of aromatic amines is 1. The molecule has 0 saturated carbocycles. The van der Waals surface area contributed by atoms with Gasteiger partial charge >= 0.3 is 0 Å². The van der Waals surface area contributed by atoms with Gasteiger partial charge in [-0.05, 0) is 102 Å². The predicted octanol–water partition coefficient (Wildman–Crippen LogP) is 4.41. The normalized spacial score (nSPS) is 18.8. The maximum Gasteiger partial charge on any atom is 0.254 e. The Labute approximate surface area is 204 Å². The van der Waals surface area contributed by atoms with Crippen molar-refractivity contribution in [2.24, 2.45) is 11.8 Å². The monoisotopic (exact) mass is 474 g/mol. The Hall–Kier alpha value is -2.05. The van der Waals surface area contributed by atoms with Crippen LogP contribution >= 0.6 is 12.4 Å². The summed E-state index contributed by atoms with van der Waals surface area (Å²) < 4.78 is 0. The van der Waals surface area contributed by atoms with Gasteiger partial charge in [0.2, 0.25) is 5.91 Å². The Morgan fingerprint density at radius 3 is 2.21 bits per heavy atom. The molecule has 2 aliphatic rings. The summed E-state index contributed by atoms with van der Waals surface area (Å²) in [7, 11) is 2.20. The molecule has 1 aromatic heterocycles. The van der Waals surface area contributed by atoms with Crippen molar-refractivity contribution in [2.75, 3.05) is 39.8 Å². The molecule has 2 saturated heterocycles. The van der Waals surface area contributed by atoms with Crippen molar-refractivity contribution in [2.45, 2.75) is 52.0 Å². The van der Waals surface area contributed by atoms with Crippen molar-refractivity contribution in [1.29, 1.82) is 0 Å². The maximum absolute atomic E-state index is 13.4. The van der Waals surface area contributed by atoms with Gasteiger partial charge in [-0.15, -0.1) is 12.4 Å². The van der Waals surface area contributed by atoms with Gasteiger partial charge in [0.05, 0.1) is 0 Å². The molecule has 3 heterocycles. The minimum Gasteiger partial charge on any atom is -0.361 e. The Kier molecular flexibility index (Phi) is 8.12. The zero-order valence-electron chi connectivity index (χ0n) is 20.5. The summed E-state index contributed by atoms with van der Waals surface area (Å²) in [6, 6.07) is 7.68. The summed E-state index contributed by atoms with van der Waals surface area (Å²) in [5.41, 5.74) is 1.11. The van der Waals surface area contributed by atoms with E-state index in [9.17, 15) is 9.59 Å². The van der Waals surface area contributed by atoms with Crippen LogP contribution in [0.25, 0.3) is 10.9 Å². The third-order valence-corrected chi connectivity index (χ3v) is 7.47. The van der Waals surface area contributed by atoms with Gasteiger partial charge in [-0.25, -0.2) is 0 Å². The number of halogens is 1. The highest BCUT2D eigenvalue weighted by Crippen LogP contribution is 2.32. The average Bonchev–Trinajstić information content (AvgIpc) is 3.24. The number of nitrogens with zero attached hydrogens (tertiary/aromatic N) is 3. The fourth-order valence-electron chi connectivity index (χ4n) is 5.31. The summed E-state index contributed by atoms with van der Waals surface area (Å²) >= 11 is 0. The van der Waals surface area contributed by atoms with E-state index in [1.807, 2.05) is 56.1 Å². The molecule has 0 radical (unpaired) electrons. The minimum atomic E-state index is -0.441. The number of benzene rings is 1. The number of carbonyl (C=O) groups excluding carboxylic acids is 2. The van der Waals surface area contributed by atoms with Crippen molar-refractivity contribution >= 4 is 35.1 Å². The number of H-pyrrole nitrogens is 1. The topological polar surface area (TPSA) is 59.6 Å². The molecule has 0 bridgehead atoms. The van der Waals surface area contributed by atoms with Crippen LogP contribution in [0.15, 0.2) is 30.5 Å². The molecule has 2 amide bonds. The first-order chi connectivity index (χ1) is 15.2. The SMILES string of the molecule is CN1CCC(C2CCN(C(=O)CN(C(=O)c3ccc4cc[nH]c4c3)C(C)(C)C)CC2)CC1.Cl. The van der Waals surface area contributed by atoms with Crippen molar-refractivity contribution in [3.63, 3.8) is 0 Å². The molecule has 1 aromatic carbocycles. The van der Waals surface area contributed by atoms with Gasteiger partial charge in [0.15, 0.2) is 0 Å². The van der Waals surface area contributed by atoms with Crippen LogP contribution in [-0.4, -0.2) is 76.8 Å². The molecule has 7 heteroatoms. The zero-order chi connectivity index (χ0) is 22.9. The quantitative estimate of drug-likeness (QED) is 0.713. The Balaban J connectivity index is 0.00000306. The second-order valence-electron chi connectivity index (χ2n) is 10.7. The van der Waals surface area contributed by atoms with Crippen LogP contribution in [0.1, 0.15) is 56.8 Å². The van der Waals surface area contributed by atoms with Gasteiger partial charge in [-0.2, -0.15) is 0 Å². The molecule has 0 aliphatic carbocycles. The van der Waals surface area contributed by atoms with E-state index in [4.69, 9.17) is 0 Å².